The summed E-state index contributed by atoms with van der Waals surface area (Å²) in [5.74, 6) is 1.66. The number of hydrazone groups is 1. The summed E-state index contributed by atoms with van der Waals surface area (Å²) in [6, 6.07) is 16.5. The molecule has 0 bridgehead atoms. The summed E-state index contributed by atoms with van der Waals surface area (Å²) < 4.78 is 0. The van der Waals surface area contributed by atoms with E-state index in [0.717, 1.165) is 24.0 Å². The lowest BCUT2D eigenvalue weighted by atomic mass is 9.76. The molecule has 1 aliphatic carbocycles. The average Bonchev–Trinajstić information content (AvgIpc) is 2.76. The Labute approximate surface area is 190 Å². The second-order valence-corrected chi connectivity index (χ2v) is 9.74. The highest BCUT2D eigenvalue weighted by Gasteiger charge is 2.23. The first kappa shape index (κ1) is 23.6. The van der Waals surface area contributed by atoms with Gasteiger partial charge in [0.2, 0.25) is 0 Å². The van der Waals surface area contributed by atoms with Gasteiger partial charge in [-0.05, 0) is 98.4 Å². The zero-order chi connectivity index (χ0) is 22.2. The zero-order valence-corrected chi connectivity index (χ0v) is 20.5. The van der Waals surface area contributed by atoms with Crippen molar-refractivity contribution in [3.63, 3.8) is 0 Å². The SMILES string of the molecule is CCCc1ccc(CC2CCC(Cc3ccc(CC)cc3/C(C)=N/N(C)C)CC2)cc1. The normalized spacial score (nSPS) is 19.5. The van der Waals surface area contributed by atoms with Gasteiger partial charge in [-0.2, -0.15) is 5.10 Å². The maximum absolute atomic E-state index is 4.70. The molecule has 0 N–H and O–H groups in total. The summed E-state index contributed by atoms with van der Waals surface area (Å²) in [5, 5.41) is 6.62. The lowest BCUT2D eigenvalue weighted by Gasteiger charge is -2.29. The summed E-state index contributed by atoms with van der Waals surface area (Å²) >= 11 is 0. The highest BCUT2D eigenvalue weighted by atomic mass is 15.4. The first-order chi connectivity index (χ1) is 15.0. The predicted octanol–water partition coefficient (Wildman–Crippen LogP) is 7.08. The second kappa shape index (κ2) is 11.5. The van der Waals surface area contributed by atoms with Crippen molar-refractivity contribution in [2.75, 3.05) is 14.1 Å². The van der Waals surface area contributed by atoms with E-state index in [0.29, 0.717) is 0 Å². The van der Waals surface area contributed by atoms with Crippen molar-refractivity contribution in [3.05, 3.63) is 70.3 Å². The fourth-order valence-electron chi connectivity index (χ4n) is 5.13. The third kappa shape index (κ3) is 6.95. The summed E-state index contributed by atoms with van der Waals surface area (Å²) in [4.78, 5) is 0. The molecule has 168 valence electrons. The Kier molecular flexibility index (Phi) is 8.75. The first-order valence-electron chi connectivity index (χ1n) is 12.4. The van der Waals surface area contributed by atoms with Crippen LogP contribution in [-0.4, -0.2) is 24.8 Å². The molecular weight excluding hydrogens is 376 g/mol. The van der Waals surface area contributed by atoms with Gasteiger partial charge in [0.05, 0.1) is 5.71 Å². The van der Waals surface area contributed by atoms with Crippen LogP contribution < -0.4 is 0 Å². The number of hydrogen-bond acceptors (Lipinski definition) is 2. The van der Waals surface area contributed by atoms with Crippen LogP contribution in [0.2, 0.25) is 0 Å². The van der Waals surface area contributed by atoms with E-state index in [1.54, 1.807) is 0 Å². The van der Waals surface area contributed by atoms with Crippen LogP contribution in [0.3, 0.4) is 0 Å². The number of aryl methyl sites for hydroxylation is 2. The number of hydrogen-bond donors (Lipinski definition) is 0. The highest BCUT2D eigenvalue weighted by Crippen LogP contribution is 2.34. The molecule has 0 atom stereocenters. The Balaban J connectivity index is 1.59. The van der Waals surface area contributed by atoms with Crippen LogP contribution in [0.5, 0.6) is 0 Å². The van der Waals surface area contributed by atoms with Gasteiger partial charge in [-0.1, -0.05) is 56.7 Å². The van der Waals surface area contributed by atoms with E-state index in [1.807, 2.05) is 19.1 Å². The van der Waals surface area contributed by atoms with Crippen LogP contribution in [0.15, 0.2) is 47.6 Å². The minimum atomic E-state index is 0.807. The van der Waals surface area contributed by atoms with Crippen molar-refractivity contribution in [1.82, 2.24) is 5.01 Å². The van der Waals surface area contributed by atoms with Gasteiger partial charge >= 0.3 is 0 Å². The van der Waals surface area contributed by atoms with Crippen LogP contribution >= 0.6 is 0 Å². The largest absolute Gasteiger partial charge is 0.303 e. The Morgan fingerprint density at radius 1 is 0.839 bits per heavy atom. The van der Waals surface area contributed by atoms with Crippen LogP contribution in [0, 0.1) is 11.8 Å². The van der Waals surface area contributed by atoms with Crippen molar-refractivity contribution in [2.45, 2.75) is 78.6 Å². The van der Waals surface area contributed by atoms with Gasteiger partial charge in [0, 0.05) is 19.7 Å². The third-order valence-corrected chi connectivity index (χ3v) is 6.88. The molecule has 2 nitrogen and oxygen atoms in total. The molecule has 0 radical (unpaired) electrons. The fourth-order valence-corrected chi connectivity index (χ4v) is 5.13. The molecule has 2 aromatic carbocycles. The standard InChI is InChI=1S/C29H42N2/c1-6-8-24-9-11-25(12-10-24)19-26-13-15-27(16-14-26)20-28-18-17-23(7-2)21-29(28)22(3)30-31(4)5/h9-12,17-18,21,26-27H,6-8,13-16,19-20H2,1-5H3/b30-22+. The topological polar surface area (TPSA) is 15.6 Å². The van der Waals surface area contributed by atoms with Gasteiger partial charge in [-0.3, -0.25) is 0 Å². The third-order valence-electron chi connectivity index (χ3n) is 6.88. The lowest BCUT2D eigenvalue weighted by Crippen LogP contribution is -2.19. The highest BCUT2D eigenvalue weighted by molar-refractivity contribution is 6.00. The summed E-state index contributed by atoms with van der Waals surface area (Å²) in [6.07, 6.45) is 11.4. The Morgan fingerprint density at radius 3 is 2.00 bits per heavy atom. The minimum Gasteiger partial charge on any atom is -0.303 e. The molecule has 3 rings (SSSR count). The molecule has 1 aliphatic rings. The first-order valence-corrected chi connectivity index (χ1v) is 12.4. The van der Waals surface area contributed by atoms with Crippen molar-refractivity contribution >= 4 is 5.71 Å². The van der Waals surface area contributed by atoms with Gasteiger partial charge < -0.3 is 5.01 Å². The van der Waals surface area contributed by atoms with Crippen molar-refractivity contribution < 1.29 is 0 Å². The molecule has 1 saturated carbocycles. The van der Waals surface area contributed by atoms with Gasteiger partial charge in [0.25, 0.3) is 0 Å². The minimum absolute atomic E-state index is 0.807. The molecule has 0 aliphatic heterocycles. The van der Waals surface area contributed by atoms with E-state index in [2.05, 4.69) is 63.2 Å². The van der Waals surface area contributed by atoms with Crippen LogP contribution in [0.1, 0.15) is 80.7 Å². The molecule has 0 saturated heterocycles. The maximum atomic E-state index is 4.70. The smallest absolute Gasteiger partial charge is 0.0649 e. The molecule has 2 heteroatoms. The quantitative estimate of drug-likeness (QED) is 0.314. The van der Waals surface area contributed by atoms with E-state index in [1.165, 1.54) is 79.2 Å². The van der Waals surface area contributed by atoms with Gasteiger partial charge in [-0.15, -0.1) is 0 Å². The van der Waals surface area contributed by atoms with E-state index >= 15 is 0 Å². The van der Waals surface area contributed by atoms with Gasteiger partial charge in [0.1, 0.15) is 0 Å². The molecule has 0 heterocycles. The van der Waals surface area contributed by atoms with E-state index in [-0.39, 0.29) is 0 Å². The molecule has 0 aromatic heterocycles. The van der Waals surface area contributed by atoms with Crippen LogP contribution in [-0.2, 0) is 25.7 Å². The molecular formula is C29H42N2. The predicted molar refractivity (Wildman–Crippen MR) is 135 cm³/mol. The van der Waals surface area contributed by atoms with E-state index < -0.39 is 0 Å². The molecule has 31 heavy (non-hydrogen) atoms. The van der Waals surface area contributed by atoms with Crippen molar-refractivity contribution in [3.8, 4) is 0 Å². The van der Waals surface area contributed by atoms with Crippen LogP contribution in [0.4, 0.5) is 0 Å². The van der Waals surface area contributed by atoms with E-state index in [9.17, 15) is 0 Å². The van der Waals surface area contributed by atoms with Crippen LogP contribution in [0.25, 0.3) is 0 Å². The number of benzene rings is 2. The Hall–Kier alpha value is -2.09. The molecule has 0 unspecified atom stereocenters. The lowest BCUT2D eigenvalue weighted by molar-refractivity contribution is 0.272. The molecule has 1 fully saturated rings. The van der Waals surface area contributed by atoms with Crippen molar-refractivity contribution in [2.24, 2.45) is 16.9 Å². The molecule has 0 amide bonds. The second-order valence-electron chi connectivity index (χ2n) is 9.74. The fraction of sp³-hybridized carbons (Fsp3) is 0.552. The monoisotopic (exact) mass is 418 g/mol. The number of rotatable bonds is 9. The van der Waals surface area contributed by atoms with Gasteiger partial charge in [-0.25, -0.2) is 0 Å². The maximum Gasteiger partial charge on any atom is 0.0649 e. The summed E-state index contributed by atoms with van der Waals surface area (Å²) in [5.41, 5.74) is 8.37. The summed E-state index contributed by atoms with van der Waals surface area (Å²) in [6.45, 7) is 6.64. The molecule has 2 aromatic rings. The Morgan fingerprint density at radius 2 is 1.42 bits per heavy atom. The molecule has 0 spiro atoms. The zero-order valence-electron chi connectivity index (χ0n) is 20.5. The summed E-state index contributed by atoms with van der Waals surface area (Å²) in [7, 11) is 4.01. The van der Waals surface area contributed by atoms with Gasteiger partial charge in [0.15, 0.2) is 0 Å². The number of nitrogens with zero attached hydrogens (tertiary/aromatic N) is 2. The van der Waals surface area contributed by atoms with Crippen molar-refractivity contribution in [1.29, 1.82) is 0 Å². The van der Waals surface area contributed by atoms with E-state index in [4.69, 9.17) is 5.10 Å². The average molecular weight is 419 g/mol. The Bertz CT molecular complexity index is 840.